The van der Waals surface area contributed by atoms with Gasteiger partial charge in [-0.25, -0.2) is 14.0 Å². The van der Waals surface area contributed by atoms with Gasteiger partial charge in [0.05, 0.1) is 6.54 Å². The Kier molecular flexibility index (Phi) is 5.16. The molecule has 1 aliphatic rings. The van der Waals surface area contributed by atoms with Crippen molar-refractivity contribution in [1.82, 2.24) is 4.90 Å². The summed E-state index contributed by atoms with van der Waals surface area (Å²) in [5.41, 5.74) is -1.53. The van der Waals surface area contributed by atoms with Gasteiger partial charge in [0.1, 0.15) is 23.9 Å². The molecule has 0 aliphatic carbocycles. The van der Waals surface area contributed by atoms with Crippen molar-refractivity contribution in [2.45, 2.75) is 58.0 Å². The maximum atomic E-state index is 14.4. The summed E-state index contributed by atoms with van der Waals surface area (Å²) < 4.78 is 24.9. The minimum Gasteiger partial charge on any atom is -0.459 e. The molecule has 0 spiro atoms. The number of alkyl halides is 1. The summed E-state index contributed by atoms with van der Waals surface area (Å²) >= 11 is 0. The summed E-state index contributed by atoms with van der Waals surface area (Å²) in [5, 5.41) is 0. The van der Waals surface area contributed by atoms with E-state index in [0.29, 0.717) is 0 Å². The molecule has 0 radical (unpaired) electrons. The average Bonchev–Trinajstić information content (AvgIpc) is 2.80. The van der Waals surface area contributed by atoms with Crippen LogP contribution in [0.15, 0.2) is 30.3 Å². The monoisotopic (exact) mass is 337 g/mol. The van der Waals surface area contributed by atoms with E-state index in [1.807, 2.05) is 30.3 Å². The molecule has 1 heterocycles. The number of hydrogen-bond donors (Lipinski definition) is 0. The first-order valence-corrected chi connectivity index (χ1v) is 7.96. The van der Waals surface area contributed by atoms with Crippen molar-refractivity contribution in [2.24, 2.45) is 0 Å². The van der Waals surface area contributed by atoms with Gasteiger partial charge in [0.2, 0.25) is 0 Å². The Balaban J connectivity index is 2.04. The number of carbonyl (C=O) groups excluding carboxylic acids is 2. The molecule has 0 saturated carbocycles. The molecule has 2 rings (SSSR count). The van der Waals surface area contributed by atoms with Crippen LogP contribution in [0.3, 0.4) is 0 Å². The highest BCUT2D eigenvalue weighted by atomic mass is 19.1. The van der Waals surface area contributed by atoms with E-state index in [-0.39, 0.29) is 19.6 Å². The SMILES string of the molecule is CC1(F)C[C@@H](C(=O)OCc2ccccc2)N(C(=O)OC(C)(C)C)C1. The van der Waals surface area contributed by atoms with E-state index in [2.05, 4.69) is 0 Å². The third kappa shape index (κ3) is 4.94. The molecule has 5 nitrogen and oxygen atoms in total. The molecule has 1 amide bonds. The number of nitrogens with zero attached hydrogens (tertiary/aromatic N) is 1. The number of rotatable bonds is 3. The molecule has 24 heavy (non-hydrogen) atoms. The summed E-state index contributed by atoms with van der Waals surface area (Å²) in [6.07, 6.45) is -0.801. The molecule has 1 fully saturated rings. The van der Waals surface area contributed by atoms with Crippen LogP contribution < -0.4 is 0 Å². The highest BCUT2D eigenvalue weighted by Gasteiger charge is 2.48. The maximum Gasteiger partial charge on any atom is 0.411 e. The molecule has 0 bridgehead atoms. The van der Waals surface area contributed by atoms with Crippen LogP contribution in [-0.2, 0) is 20.9 Å². The van der Waals surface area contributed by atoms with Gasteiger partial charge in [0.15, 0.2) is 0 Å². The smallest absolute Gasteiger partial charge is 0.411 e. The predicted molar refractivity (Wildman–Crippen MR) is 87.1 cm³/mol. The van der Waals surface area contributed by atoms with Gasteiger partial charge in [-0.3, -0.25) is 4.90 Å². The Morgan fingerprint density at radius 1 is 1.29 bits per heavy atom. The Morgan fingerprint density at radius 2 is 1.92 bits per heavy atom. The fourth-order valence-electron chi connectivity index (χ4n) is 2.59. The van der Waals surface area contributed by atoms with Crippen molar-refractivity contribution < 1.29 is 23.5 Å². The number of benzene rings is 1. The maximum absolute atomic E-state index is 14.4. The number of likely N-dealkylation sites (tertiary alicyclic amines) is 1. The Morgan fingerprint density at radius 3 is 2.50 bits per heavy atom. The standard InChI is InChI=1S/C18H24FNO4/c1-17(2,3)24-16(22)20-12-18(4,19)10-14(20)15(21)23-11-13-8-6-5-7-9-13/h5-9,14H,10-12H2,1-4H3/t14-,18?/m0/s1. The van der Waals surface area contributed by atoms with Crippen LogP contribution in [-0.4, -0.2) is 40.8 Å². The van der Waals surface area contributed by atoms with E-state index in [4.69, 9.17) is 9.47 Å². The van der Waals surface area contributed by atoms with Crippen molar-refractivity contribution in [2.75, 3.05) is 6.54 Å². The van der Waals surface area contributed by atoms with Gasteiger partial charge in [0, 0.05) is 6.42 Å². The second kappa shape index (κ2) is 6.79. The molecule has 0 N–H and O–H groups in total. The number of halogens is 1. The van der Waals surface area contributed by atoms with Crippen LogP contribution in [0.2, 0.25) is 0 Å². The fourth-order valence-corrected chi connectivity index (χ4v) is 2.59. The number of hydrogen-bond acceptors (Lipinski definition) is 4. The first-order chi connectivity index (χ1) is 11.1. The molecule has 2 atom stereocenters. The number of carbonyl (C=O) groups is 2. The Hall–Kier alpha value is -2.11. The van der Waals surface area contributed by atoms with E-state index >= 15 is 0 Å². The molecule has 1 aromatic rings. The van der Waals surface area contributed by atoms with E-state index < -0.39 is 29.4 Å². The van der Waals surface area contributed by atoms with Crippen LogP contribution in [0.1, 0.15) is 39.7 Å². The number of amides is 1. The van der Waals surface area contributed by atoms with Gasteiger partial charge >= 0.3 is 12.1 Å². The quantitative estimate of drug-likeness (QED) is 0.793. The lowest BCUT2D eigenvalue weighted by molar-refractivity contribution is -0.150. The molecule has 1 unspecified atom stereocenters. The number of esters is 1. The molecule has 1 aromatic carbocycles. The van der Waals surface area contributed by atoms with Crippen molar-refractivity contribution >= 4 is 12.1 Å². The van der Waals surface area contributed by atoms with Crippen LogP contribution in [0, 0.1) is 0 Å². The van der Waals surface area contributed by atoms with Crippen LogP contribution >= 0.6 is 0 Å². The van der Waals surface area contributed by atoms with Gasteiger partial charge in [-0.15, -0.1) is 0 Å². The summed E-state index contributed by atoms with van der Waals surface area (Å²) in [7, 11) is 0. The molecule has 1 aliphatic heterocycles. The normalized spacial score (nSPS) is 23.9. The van der Waals surface area contributed by atoms with Crippen LogP contribution in [0.4, 0.5) is 9.18 Å². The van der Waals surface area contributed by atoms with E-state index in [1.165, 1.54) is 6.92 Å². The molecular weight excluding hydrogens is 313 g/mol. The van der Waals surface area contributed by atoms with Crippen molar-refractivity contribution in [3.8, 4) is 0 Å². The zero-order valence-electron chi connectivity index (χ0n) is 14.5. The molecule has 6 heteroatoms. The van der Waals surface area contributed by atoms with Crippen molar-refractivity contribution in [3.63, 3.8) is 0 Å². The summed E-state index contributed by atoms with van der Waals surface area (Å²) in [4.78, 5) is 25.7. The third-order valence-electron chi connectivity index (χ3n) is 3.62. The first-order valence-electron chi connectivity index (χ1n) is 7.96. The Labute approximate surface area is 141 Å². The zero-order valence-corrected chi connectivity index (χ0v) is 14.5. The molecule has 0 aromatic heterocycles. The summed E-state index contributed by atoms with van der Waals surface area (Å²) in [6, 6.07) is 8.22. The van der Waals surface area contributed by atoms with Gasteiger partial charge < -0.3 is 9.47 Å². The molecular formula is C18H24FNO4. The average molecular weight is 337 g/mol. The minimum atomic E-state index is -1.65. The fraction of sp³-hybridized carbons (Fsp3) is 0.556. The largest absolute Gasteiger partial charge is 0.459 e. The van der Waals surface area contributed by atoms with Gasteiger partial charge in [-0.1, -0.05) is 30.3 Å². The highest BCUT2D eigenvalue weighted by Crippen LogP contribution is 2.32. The van der Waals surface area contributed by atoms with E-state index in [1.54, 1.807) is 20.8 Å². The van der Waals surface area contributed by atoms with Crippen molar-refractivity contribution in [1.29, 1.82) is 0 Å². The summed E-state index contributed by atoms with van der Waals surface area (Å²) in [5.74, 6) is -0.619. The van der Waals surface area contributed by atoms with E-state index in [9.17, 15) is 14.0 Å². The van der Waals surface area contributed by atoms with Crippen molar-refractivity contribution in [3.05, 3.63) is 35.9 Å². The Bertz CT molecular complexity index is 595. The van der Waals surface area contributed by atoms with Gasteiger partial charge in [-0.2, -0.15) is 0 Å². The lowest BCUT2D eigenvalue weighted by Gasteiger charge is -2.27. The molecule has 1 saturated heterocycles. The lowest BCUT2D eigenvalue weighted by atomic mass is 10.1. The second-order valence-corrected chi connectivity index (χ2v) is 7.33. The first kappa shape index (κ1) is 18.2. The second-order valence-electron chi connectivity index (χ2n) is 7.33. The number of ether oxygens (including phenoxy) is 2. The van der Waals surface area contributed by atoms with Crippen LogP contribution in [0.25, 0.3) is 0 Å². The summed E-state index contributed by atoms with van der Waals surface area (Å²) in [6.45, 7) is 6.43. The highest BCUT2D eigenvalue weighted by molar-refractivity contribution is 5.82. The minimum absolute atomic E-state index is 0.0847. The van der Waals surface area contributed by atoms with Gasteiger partial charge in [0.25, 0.3) is 0 Å². The lowest BCUT2D eigenvalue weighted by Crippen LogP contribution is -2.44. The van der Waals surface area contributed by atoms with E-state index in [0.717, 1.165) is 10.5 Å². The zero-order chi connectivity index (χ0) is 18.0. The predicted octanol–water partition coefficient (Wildman–Crippen LogP) is 3.47. The topological polar surface area (TPSA) is 55.8 Å². The molecule has 132 valence electrons. The van der Waals surface area contributed by atoms with Crippen LogP contribution in [0.5, 0.6) is 0 Å². The van der Waals surface area contributed by atoms with Gasteiger partial charge in [-0.05, 0) is 33.3 Å². The third-order valence-corrected chi connectivity index (χ3v) is 3.62.